The lowest BCUT2D eigenvalue weighted by Gasteiger charge is -2.29. The Labute approximate surface area is 113 Å². The third kappa shape index (κ3) is 5.56. The topological polar surface area (TPSA) is 92.8 Å². The zero-order chi connectivity index (χ0) is 14.5. The number of carbonyl (C=O) groups is 2. The van der Waals surface area contributed by atoms with Gasteiger partial charge in [-0.15, -0.1) is 0 Å². The zero-order valence-electron chi connectivity index (χ0n) is 11.2. The van der Waals surface area contributed by atoms with E-state index in [9.17, 15) is 18.0 Å². The number of likely N-dealkylation sites (N-methyl/N-ethyl adjacent to an activating group) is 1. The fraction of sp³-hybridized carbons (Fsp3) is 0.818. The molecule has 1 amide bonds. The maximum atomic E-state index is 11.8. The predicted molar refractivity (Wildman–Crippen MR) is 68.8 cm³/mol. The van der Waals surface area contributed by atoms with Crippen molar-refractivity contribution < 1.29 is 22.7 Å². The first-order valence-electron chi connectivity index (χ1n) is 6.15. The molecule has 0 aromatic heterocycles. The summed E-state index contributed by atoms with van der Waals surface area (Å²) in [5.74, 6) is -0.504. The van der Waals surface area contributed by atoms with Gasteiger partial charge in [-0.2, -0.15) is 0 Å². The molecule has 1 aliphatic rings. The third-order valence-corrected chi connectivity index (χ3v) is 4.51. The number of piperidine rings is 1. The van der Waals surface area contributed by atoms with E-state index in [4.69, 9.17) is 0 Å². The van der Waals surface area contributed by atoms with Gasteiger partial charge in [-0.05, 0) is 12.8 Å². The number of rotatable bonds is 6. The number of sulfonamides is 1. The van der Waals surface area contributed by atoms with Crippen molar-refractivity contribution in [1.29, 1.82) is 0 Å². The number of nitrogens with one attached hydrogen (secondary N) is 1. The van der Waals surface area contributed by atoms with Crippen LogP contribution in [0.4, 0.5) is 0 Å². The van der Waals surface area contributed by atoms with Gasteiger partial charge in [-0.1, -0.05) is 0 Å². The van der Waals surface area contributed by atoms with Gasteiger partial charge in [0.25, 0.3) is 0 Å². The molecule has 1 heterocycles. The molecule has 0 spiro atoms. The molecule has 1 unspecified atom stereocenters. The van der Waals surface area contributed by atoms with Crippen molar-refractivity contribution in [2.45, 2.75) is 31.7 Å². The standard InChI is InChI=1S/C11H20N2O5S/c1-13-8-9(5-6-10(13)14)12-19(16,17)7-3-4-11(15)18-2/h9,12H,3-8H2,1-2H3. The number of amides is 1. The van der Waals surface area contributed by atoms with Crippen LogP contribution in [0.5, 0.6) is 0 Å². The van der Waals surface area contributed by atoms with Crippen LogP contribution in [0.25, 0.3) is 0 Å². The molecular formula is C11H20N2O5S. The molecule has 1 aliphatic heterocycles. The molecule has 1 N–H and O–H groups in total. The van der Waals surface area contributed by atoms with Crippen LogP contribution >= 0.6 is 0 Å². The number of hydrogen-bond donors (Lipinski definition) is 1. The second kappa shape index (κ2) is 6.85. The monoisotopic (exact) mass is 292 g/mol. The van der Waals surface area contributed by atoms with Gasteiger partial charge in [0.1, 0.15) is 0 Å². The fourth-order valence-corrected chi connectivity index (χ4v) is 3.27. The number of likely N-dealkylation sites (tertiary alicyclic amines) is 1. The molecule has 7 nitrogen and oxygen atoms in total. The van der Waals surface area contributed by atoms with Crippen molar-refractivity contribution in [3.8, 4) is 0 Å². The van der Waals surface area contributed by atoms with Gasteiger partial charge >= 0.3 is 5.97 Å². The summed E-state index contributed by atoms with van der Waals surface area (Å²) >= 11 is 0. The minimum absolute atomic E-state index is 0.0288. The number of methoxy groups -OCH3 is 1. The first-order valence-corrected chi connectivity index (χ1v) is 7.80. The Hall–Kier alpha value is -1.15. The highest BCUT2D eigenvalue weighted by Gasteiger charge is 2.26. The fourth-order valence-electron chi connectivity index (χ4n) is 1.93. The Morgan fingerprint density at radius 3 is 2.79 bits per heavy atom. The minimum Gasteiger partial charge on any atom is -0.469 e. The Bertz CT molecular complexity index is 434. The van der Waals surface area contributed by atoms with E-state index in [2.05, 4.69) is 9.46 Å². The lowest BCUT2D eigenvalue weighted by molar-refractivity contribution is -0.140. The molecule has 0 aliphatic carbocycles. The maximum Gasteiger partial charge on any atom is 0.305 e. The Balaban J connectivity index is 2.38. The second-order valence-corrected chi connectivity index (χ2v) is 6.50. The van der Waals surface area contributed by atoms with E-state index < -0.39 is 16.0 Å². The first kappa shape index (κ1) is 15.9. The summed E-state index contributed by atoms with van der Waals surface area (Å²) < 4.78 is 30.6. The molecule has 1 atom stereocenters. The van der Waals surface area contributed by atoms with E-state index in [0.717, 1.165) is 0 Å². The van der Waals surface area contributed by atoms with Crippen molar-refractivity contribution in [2.75, 3.05) is 26.5 Å². The first-order chi connectivity index (χ1) is 8.84. The van der Waals surface area contributed by atoms with Crippen LogP contribution in [0.1, 0.15) is 25.7 Å². The second-order valence-electron chi connectivity index (χ2n) is 4.63. The van der Waals surface area contributed by atoms with Crippen molar-refractivity contribution in [2.24, 2.45) is 0 Å². The molecule has 0 saturated carbocycles. The largest absolute Gasteiger partial charge is 0.469 e. The molecule has 0 bridgehead atoms. The molecule has 1 rings (SSSR count). The number of ether oxygens (including phenoxy) is 1. The van der Waals surface area contributed by atoms with Crippen LogP contribution in [-0.2, 0) is 24.3 Å². The van der Waals surface area contributed by atoms with E-state index in [0.29, 0.717) is 19.4 Å². The van der Waals surface area contributed by atoms with Gasteiger partial charge in [0.15, 0.2) is 0 Å². The van der Waals surface area contributed by atoms with E-state index in [1.807, 2.05) is 0 Å². The van der Waals surface area contributed by atoms with E-state index >= 15 is 0 Å². The molecule has 110 valence electrons. The van der Waals surface area contributed by atoms with Gasteiger partial charge in [0, 0.05) is 32.5 Å². The molecule has 1 saturated heterocycles. The highest BCUT2D eigenvalue weighted by molar-refractivity contribution is 7.89. The molecule has 0 radical (unpaired) electrons. The zero-order valence-corrected chi connectivity index (χ0v) is 12.0. The number of nitrogens with zero attached hydrogens (tertiary/aromatic N) is 1. The van der Waals surface area contributed by atoms with Gasteiger partial charge in [0.05, 0.1) is 12.9 Å². The quantitative estimate of drug-likeness (QED) is 0.665. The van der Waals surface area contributed by atoms with Gasteiger partial charge in [-0.3, -0.25) is 9.59 Å². The lowest BCUT2D eigenvalue weighted by atomic mass is 10.1. The highest BCUT2D eigenvalue weighted by Crippen LogP contribution is 2.11. The van der Waals surface area contributed by atoms with Crippen LogP contribution in [0.2, 0.25) is 0 Å². The van der Waals surface area contributed by atoms with E-state index in [-0.39, 0.29) is 30.5 Å². The van der Waals surface area contributed by atoms with Crippen LogP contribution in [0, 0.1) is 0 Å². The van der Waals surface area contributed by atoms with Gasteiger partial charge < -0.3 is 9.64 Å². The Morgan fingerprint density at radius 2 is 2.21 bits per heavy atom. The summed E-state index contributed by atoms with van der Waals surface area (Å²) in [5, 5.41) is 0. The van der Waals surface area contributed by atoms with E-state index in [1.54, 1.807) is 7.05 Å². The summed E-state index contributed by atoms with van der Waals surface area (Å²) in [6.45, 7) is 0.384. The Morgan fingerprint density at radius 1 is 1.53 bits per heavy atom. The van der Waals surface area contributed by atoms with Crippen molar-refractivity contribution >= 4 is 21.9 Å². The molecule has 8 heteroatoms. The van der Waals surface area contributed by atoms with Crippen LogP contribution in [0.3, 0.4) is 0 Å². The maximum absolute atomic E-state index is 11.8. The molecular weight excluding hydrogens is 272 g/mol. The molecule has 19 heavy (non-hydrogen) atoms. The number of carbonyl (C=O) groups excluding carboxylic acids is 2. The summed E-state index contributed by atoms with van der Waals surface area (Å²) in [6.07, 6.45) is 1.18. The number of hydrogen-bond acceptors (Lipinski definition) is 5. The van der Waals surface area contributed by atoms with Crippen LogP contribution < -0.4 is 4.72 Å². The van der Waals surface area contributed by atoms with Gasteiger partial charge in [0.2, 0.25) is 15.9 Å². The van der Waals surface area contributed by atoms with Crippen molar-refractivity contribution in [3.63, 3.8) is 0 Å². The smallest absolute Gasteiger partial charge is 0.305 e. The summed E-state index contributed by atoms with van der Waals surface area (Å²) in [5.41, 5.74) is 0. The van der Waals surface area contributed by atoms with Crippen LogP contribution in [0.15, 0.2) is 0 Å². The van der Waals surface area contributed by atoms with Crippen molar-refractivity contribution in [1.82, 2.24) is 9.62 Å². The number of esters is 1. The average Bonchev–Trinajstić information content (AvgIpc) is 2.33. The Kier molecular flexibility index (Phi) is 5.74. The molecule has 0 aromatic carbocycles. The van der Waals surface area contributed by atoms with Crippen LogP contribution in [-0.4, -0.2) is 57.7 Å². The van der Waals surface area contributed by atoms with Gasteiger partial charge in [-0.25, -0.2) is 13.1 Å². The summed E-state index contributed by atoms with van der Waals surface area (Å²) in [6, 6.07) is -0.245. The summed E-state index contributed by atoms with van der Waals surface area (Å²) in [4.78, 5) is 23.7. The normalized spacial score (nSPS) is 20.4. The lowest BCUT2D eigenvalue weighted by Crippen LogP contribution is -2.48. The van der Waals surface area contributed by atoms with Crippen molar-refractivity contribution in [3.05, 3.63) is 0 Å². The predicted octanol–water partition coefficient (Wildman–Crippen LogP) is -0.520. The molecule has 1 fully saturated rings. The molecule has 0 aromatic rings. The summed E-state index contributed by atoms with van der Waals surface area (Å²) in [7, 11) is -0.501. The minimum atomic E-state index is -3.42. The van der Waals surface area contributed by atoms with E-state index in [1.165, 1.54) is 12.0 Å². The third-order valence-electron chi connectivity index (χ3n) is 2.99. The average molecular weight is 292 g/mol. The highest BCUT2D eigenvalue weighted by atomic mass is 32.2. The SMILES string of the molecule is COC(=O)CCCS(=O)(=O)NC1CCC(=O)N(C)C1.